The predicted molar refractivity (Wildman–Crippen MR) is 311 cm³/mol. The Morgan fingerprint density at radius 2 is 0.281 bits per heavy atom. The van der Waals surface area contributed by atoms with Gasteiger partial charge in [-0.15, -0.1) is 0 Å². The summed E-state index contributed by atoms with van der Waals surface area (Å²) in [7, 11) is -6.77. The second-order valence-electron chi connectivity index (χ2n) is 31.8. The molecule has 0 aromatic rings. The van der Waals surface area contributed by atoms with Gasteiger partial charge in [-0.3, -0.25) is 31.3 Å². The monoisotopic (exact) mass is 1000 g/mol. The van der Waals surface area contributed by atoms with Crippen LogP contribution in [0.15, 0.2) is 0 Å². The molecule has 0 spiro atoms. The molecule has 0 aromatic heterocycles. The van der Waals surface area contributed by atoms with Crippen LogP contribution in [0.25, 0.3) is 0 Å². The molecule has 0 radical (unpaired) electrons. The van der Waals surface area contributed by atoms with Gasteiger partial charge in [0.05, 0.1) is 0 Å². The van der Waals surface area contributed by atoms with Crippen molar-refractivity contribution in [3.63, 3.8) is 0 Å². The van der Waals surface area contributed by atoms with Gasteiger partial charge in [0, 0.05) is 97.2 Å². The first-order chi connectivity index (χ1) is 27.2. The molecule has 0 saturated carbocycles. The molecule has 0 N–H and O–H groups in total. The first-order valence-corrected chi connectivity index (χ1v) is 36.3. The zero-order valence-electron chi connectivity index (χ0n) is 51.8. The molecule has 0 saturated heterocycles. The Kier molecular flexibility index (Phi) is 19.5. The van der Waals surface area contributed by atoms with Crippen LogP contribution in [0.1, 0.15) is 249 Å². The van der Waals surface area contributed by atoms with E-state index in [0.717, 1.165) is 30.7 Å². The third-order valence-corrected chi connectivity index (χ3v) is 45.0. The van der Waals surface area contributed by atoms with Crippen LogP contribution in [-0.4, -0.2) is 154 Å². The molecule has 0 fully saturated rings. The zero-order valence-corrected chi connectivity index (χ0v) is 60.8. The fraction of sp³-hybridized carbons (Fsp3) is 1.00. The van der Waals surface area contributed by atoms with Crippen LogP contribution in [0, 0.1) is 0 Å². The van der Waals surface area contributed by atoms with Crippen molar-refractivity contribution >= 4 is 56.4 Å². The predicted octanol–water partition coefficient (Wildman–Crippen LogP) is 10.5. The van der Waals surface area contributed by atoms with Crippen molar-refractivity contribution in [1.29, 1.82) is 0 Å². The van der Waals surface area contributed by atoms with Crippen molar-refractivity contribution in [1.82, 2.24) is 31.3 Å². The van der Waals surface area contributed by atoms with Crippen molar-refractivity contribution in [2.24, 2.45) is 0 Å². The maximum Gasteiger partial charge on any atom is 0.278 e. The molecule has 0 aliphatic rings. The summed E-state index contributed by atoms with van der Waals surface area (Å²) in [6.07, 6.45) is 0. The first kappa shape index (κ1) is 65.0. The van der Waals surface area contributed by atoms with Gasteiger partial charge >= 0.3 is 0 Å². The third-order valence-electron chi connectivity index (χ3n) is 12.7. The molecule has 0 unspecified atom stereocenters. The fourth-order valence-corrected chi connectivity index (χ4v) is 60.8. The van der Waals surface area contributed by atoms with Gasteiger partial charge in [-0.25, -0.2) is 0 Å². The maximum atomic E-state index is 3.81. The molecular formula is C51H123N7Si6. The first-order valence-electron chi connectivity index (χ1n) is 25.9. The molecule has 7 nitrogen and oxygen atoms in total. The van der Waals surface area contributed by atoms with Gasteiger partial charge in [-0.05, 0) is 266 Å². The van der Waals surface area contributed by atoms with E-state index in [1.54, 1.807) is 0 Å². The highest BCUT2D eigenvalue weighted by atomic mass is 28.5. The summed E-state index contributed by atoms with van der Waals surface area (Å²) in [5.74, 6) is 0. The number of rotatable bonds is 12. The Hall–Kier alpha value is 1.02. The van der Waals surface area contributed by atoms with Gasteiger partial charge in [0.2, 0.25) is 0 Å². The van der Waals surface area contributed by atoms with Gasteiger partial charge in [0.15, 0.2) is 0 Å². The summed E-state index contributed by atoms with van der Waals surface area (Å²) in [4.78, 5) is 0. The van der Waals surface area contributed by atoms with Crippen LogP contribution in [0.2, 0.25) is 17.0 Å². The van der Waals surface area contributed by atoms with Crippen LogP contribution in [-0.2, 0) is 0 Å². The van der Waals surface area contributed by atoms with E-state index < -0.39 is 25.7 Å². The Morgan fingerprint density at radius 3 is 0.328 bits per heavy atom. The average Bonchev–Trinajstić information content (AvgIpc) is 2.87. The summed E-state index contributed by atoms with van der Waals surface area (Å²) in [6.45, 7) is 93.5. The molecule has 0 heterocycles. The topological polar surface area (TPSA) is 22.7 Å². The maximum absolute atomic E-state index is 3.81. The lowest BCUT2D eigenvalue weighted by molar-refractivity contribution is 0.00381. The standard InChI is InChI=1S/C51H123N7Si6/c1-40(2,3)52(41(4,5)6)62(37-59,53(42(7,8)9)43(10,11)12)58(63(38-60,54(44(13,14)15)45(16,17)18)55(46(19,20)21)47(22,23)24)64(39-61,56(48(25,26)27)49(28,29)30)57(50(31,32)33)51(34,35)36/h37-39H2,1-36,59-61H3. The van der Waals surface area contributed by atoms with Crippen molar-refractivity contribution in [3.05, 3.63) is 0 Å². The molecule has 0 amide bonds. The van der Waals surface area contributed by atoms with Gasteiger partial charge in [-0.1, -0.05) is 0 Å². The minimum atomic E-state index is -3.33. The lowest BCUT2D eigenvalue weighted by atomic mass is 10.0. The summed E-state index contributed by atoms with van der Waals surface area (Å²) in [5, 5.41) is 0. The Bertz CT molecular complexity index is 1140. The van der Waals surface area contributed by atoms with Gasteiger partial charge < -0.3 is 0 Å². The lowest BCUT2D eigenvalue weighted by Crippen LogP contribution is -3.03. The normalized spacial score (nSPS) is 16.7. The van der Waals surface area contributed by atoms with Crippen LogP contribution < -0.4 is 0 Å². The van der Waals surface area contributed by atoms with E-state index in [4.69, 9.17) is 0 Å². The molecule has 0 aromatic carbocycles. The van der Waals surface area contributed by atoms with E-state index in [1.165, 1.54) is 17.0 Å². The van der Waals surface area contributed by atoms with E-state index in [-0.39, 0.29) is 66.5 Å². The molecule has 0 aliphatic heterocycles. The minimum absolute atomic E-state index is 0.163. The Morgan fingerprint density at radius 1 is 0.203 bits per heavy atom. The number of hydrogen-bond acceptors (Lipinski definition) is 7. The Labute approximate surface area is 418 Å². The van der Waals surface area contributed by atoms with E-state index in [0.29, 0.717) is 0 Å². The fourth-order valence-electron chi connectivity index (χ4n) is 15.7. The smallest absolute Gasteiger partial charge is 0.278 e. The van der Waals surface area contributed by atoms with Crippen molar-refractivity contribution in [3.8, 4) is 0 Å². The second kappa shape index (κ2) is 19.2. The van der Waals surface area contributed by atoms with E-state index in [9.17, 15) is 0 Å². The lowest BCUT2D eigenvalue weighted by Gasteiger charge is -2.80. The van der Waals surface area contributed by atoms with Crippen LogP contribution >= 0.6 is 0 Å². The highest BCUT2D eigenvalue weighted by Gasteiger charge is 2.79. The summed E-state index contributed by atoms with van der Waals surface area (Å²) in [6, 6.07) is 0. The van der Waals surface area contributed by atoms with E-state index >= 15 is 0 Å². The number of nitrogens with zero attached hydrogens (tertiary/aromatic N) is 7. The molecule has 386 valence electrons. The number of hydrogen-bond donors (Lipinski definition) is 0. The SMILES string of the molecule is CC(C)(C)N(C(C)(C)C)[Si](C[SiH3])(N(C(C)(C)C)C(C)(C)C)N([Si](C[SiH3])(N(C(C)(C)C)C(C)(C)C)N(C(C)(C)C)C(C)(C)C)[Si](C[SiH3])(N(C(C)(C)C)C(C)(C)C)N(C(C)(C)C)C(C)(C)C. The molecular weight excluding hydrogens is 879 g/mol. The largest absolute Gasteiger partial charge is 0.293 e. The molecule has 0 aliphatic carbocycles. The quantitative estimate of drug-likeness (QED) is 0.180. The van der Waals surface area contributed by atoms with Crippen LogP contribution in [0.4, 0.5) is 0 Å². The molecule has 0 bridgehead atoms. The van der Waals surface area contributed by atoms with Gasteiger partial charge in [-0.2, -0.15) is 0 Å². The third kappa shape index (κ3) is 13.1. The van der Waals surface area contributed by atoms with Crippen molar-refractivity contribution in [2.75, 3.05) is 0 Å². The Balaban J connectivity index is 12.4. The highest BCUT2D eigenvalue weighted by Crippen LogP contribution is 2.57. The molecule has 64 heavy (non-hydrogen) atoms. The summed E-state index contributed by atoms with van der Waals surface area (Å²) in [5.41, 5.74) is 1.66. The summed E-state index contributed by atoms with van der Waals surface area (Å²) >= 11 is 0. The molecule has 0 atom stereocenters. The van der Waals surface area contributed by atoms with Crippen molar-refractivity contribution in [2.45, 2.75) is 333 Å². The van der Waals surface area contributed by atoms with E-state index in [2.05, 4.69) is 281 Å². The minimum Gasteiger partial charge on any atom is -0.293 e. The van der Waals surface area contributed by atoms with E-state index in [1.807, 2.05) is 0 Å². The van der Waals surface area contributed by atoms with Crippen molar-refractivity contribution < 1.29 is 0 Å². The average molecular weight is 1000 g/mol. The highest BCUT2D eigenvalue weighted by molar-refractivity contribution is 7.05. The zero-order chi connectivity index (χ0) is 52.7. The molecule has 13 heteroatoms. The van der Waals surface area contributed by atoms with Gasteiger partial charge in [0.1, 0.15) is 0 Å². The molecule has 0 rings (SSSR count). The summed E-state index contributed by atoms with van der Waals surface area (Å²) < 4.78 is 23.5. The van der Waals surface area contributed by atoms with Crippen LogP contribution in [0.5, 0.6) is 0 Å². The van der Waals surface area contributed by atoms with Crippen LogP contribution in [0.3, 0.4) is 0 Å². The second-order valence-corrected chi connectivity index (χ2v) is 50.3. The van der Waals surface area contributed by atoms with Gasteiger partial charge in [0.25, 0.3) is 25.7 Å².